The molecule has 0 aliphatic carbocycles. The highest BCUT2D eigenvalue weighted by atomic mass is 32.1. The van der Waals surface area contributed by atoms with Crippen molar-refractivity contribution in [2.75, 3.05) is 24.5 Å². The second-order valence-electron chi connectivity index (χ2n) is 3.56. The van der Waals surface area contributed by atoms with Crippen LogP contribution in [0.3, 0.4) is 0 Å². The van der Waals surface area contributed by atoms with Crippen molar-refractivity contribution in [2.24, 2.45) is 5.73 Å². The molecule has 98 valence electrons. The zero-order chi connectivity index (χ0) is 13.5. The monoisotopic (exact) mass is 267 g/mol. The first kappa shape index (κ1) is 14.3. The normalized spacial score (nSPS) is 9.89. The second kappa shape index (κ2) is 6.85. The third-order valence-electron chi connectivity index (χ3n) is 2.30. The van der Waals surface area contributed by atoms with E-state index in [0.717, 1.165) is 0 Å². The summed E-state index contributed by atoms with van der Waals surface area (Å²) in [6.07, 6.45) is 3.08. The van der Waals surface area contributed by atoms with Crippen molar-refractivity contribution in [1.29, 1.82) is 0 Å². The summed E-state index contributed by atoms with van der Waals surface area (Å²) in [6, 6.07) is 0. The molecule has 0 atom stereocenters. The quantitative estimate of drug-likeness (QED) is 0.710. The van der Waals surface area contributed by atoms with E-state index in [0.29, 0.717) is 24.6 Å². The van der Waals surface area contributed by atoms with Gasteiger partial charge in [-0.3, -0.25) is 4.79 Å². The molecular formula is C11H17N5OS. The molecule has 0 fully saturated rings. The Labute approximate surface area is 112 Å². The number of nitrogens with zero attached hydrogens (tertiary/aromatic N) is 3. The van der Waals surface area contributed by atoms with Crippen molar-refractivity contribution < 1.29 is 4.79 Å². The van der Waals surface area contributed by atoms with Gasteiger partial charge in [-0.2, -0.15) is 0 Å². The molecule has 0 aliphatic rings. The molecule has 6 nitrogen and oxygen atoms in total. The van der Waals surface area contributed by atoms with E-state index < -0.39 is 0 Å². The number of nitrogens with one attached hydrogen (secondary N) is 1. The fourth-order valence-corrected chi connectivity index (χ4v) is 1.64. The minimum atomic E-state index is -0.0705. The first-order valence-electron chi connectivity index (χ1n) is 5.72. The molecule has 0 saturated carbocycles. The number of hydrogen-bond acceptors (Lipinski definition) is 5. The van der Waals surface area contributed by atoms with Crippen LogP contribution in [0.1, 0.15) is 19.5 Å². The molecule has 1 rings (SSSR count). The molecular weight excluding hydrogens is 250 g/mol. The summed E-state index contributed by atoms with van der Waals surface area (Å²) in [5, 5.41) is 2.74. The number of likely N-dealkylation sites (N-methyl/N-ethyl adjacent to an activating group) is 2. The first-order chi connectivity index (χ1) is 8.60. The number of aromatic nitrogens is 2. The van der Waals surface area contributed by atoms with Gasteiger partial charge in [-0.25, -0.2) is 9.97 Å². The number of amides is 1. The van der Waals surface area contributed by atoms with Crippen molar-refractivity contribution in [3.05, 3.63) is 18.1 Å². The van der Waals surface area contributed by atoms with Crippen LogP contribution in [-0.4, -0.2) is 40.5 Å². The summed E-state index contributed by atoms with van der Waals surface area (Å²) >= 11 is 4.93. The van der Waals surface area contributed by atoms with Crippen LogP contribution in [0, 0.1) is 0 Å². The van der Waals surface area contributed by atoms with Crippen LogP contribution in [-0.2, 0) is 4.79 Å². The predicted octanol–water partition coefficient (Wildman–Crippen LogP) is 0.0732. The molecule has 1 amide bonds. The van der Waals surface area contributed by atoms with Gasteiger partial charge in [0.15, 0.2) is 5.82 Å². The number of anilines is 1. The Morgan fingerprint density at radius 1 is 1.44 bits per heavy atom. The van der Waals surface area contributed by atoms with Crippen LogP contribution in [0.15, 0.2) is 12.4 Å². The van der Waals surface area contributed by atoms with Crippen molar-refractivity contribution in [1.82, 2.24) is 15.3 Å². The molecule has 3 N–H and O–H groups in total. The Balaban J connectivity index is 2.94. The number of hydrogen-bond donors (Lipinski definition) is 2. The van der Waals surface area contributed by atoms with Gasteiger partial charge in [0.05, 0.1) is 6.54 Å². The fraction of sp³-hybridized carbons (Fsp3) is 0.455. The highest BCUT2D eigenvalue weighted by Crippen LogP contribution is 2.14. The minimum Gasteiger partial charge on any atom is -0.388 e. The summed E-state index contributed by atoms with van der Waals surface area (Å²) in [4.78, 5) is 21.9. The summed E-state index contributed by atoms with van der Waals surface area (Å²) in [7, 11) is 0. The lowest BCUT2D eigenvalue weighted by Gasteiger charge is -2.22. The van der Waals surface area contributed by atoms with E-state index in [9.17, 15) is 4.79 Å². The molecule has 1 aromatic heterocycles. The van der Waals surface area contributed by atoms with Gasteiger partial charge in [-0.1, -0.05) is 12.2 Å². The molecule has 0 aliphatic heterocycles. The molecule has 0 spiro atoms. The minimum absolute atomic E-state index is 0.0705. The van der Waals surface area contributed by atoms with Gasteiger partial charge in [-0.15, -0.1) is 0 Å². The third-order valence-corrected chi connectivity index (χ3v) is 2.50. The standard InChI is InChI=1S/C11H17N5OS/c1-3-13-8(17)7-16(4-2)11-9(10(12)18)14-5-6-15-11/h5-6H,3-4,7H2,1-2H3,(H2,12,18)(H,13,17). The highest BCUT2D eigenvalue weighted by molar-refractivity contribution is 7.80. The zero-order valence-corrected chi connectivity index (χ0v) is 11.3. The zero-order valence-electron chi connectivity index (χ0n) is 10.5. The maximum atomic E-state index is 11.6. The van der Waals surface area contributed by atoms with Crippen LogP contribution in [0.5, 0.6) is 0 Å². The molecule has 18 heavy (non-hydrogen) atoms. The van der Waals surface area contributed by atoms with Gasteiger partial charge >= 0.3 is 0 Å². The number of rotatable bonds is 6. The summed E-state index contributed by atoms with van der Waals surface area (Å²) < 4.78 is 0. The highest BCUT2D eigenvalue weighted by Gasteiger charge is 2.16. The molecule has 0 aromatic carbocycles. The van der Waals surface area contributed by atoms with E-state index in [1.165, 1.54) is 6.20 Å². The smallest absolute Gasteiger partial charge is 0.239 e. The lowest BCUT2D eigenvalue weighted by atomic mass is 10.3. The number of carbonyl (C=O) groups excluding carboxylic acids is 1. The predicted molar refractivity (Wildman–Crippen MR) is 74.5 cm³/mol. The largest absolute Gasteiger partial charge is 0.388 e. The summed E-state index contributed by atoms with van der Waals surface area (Å²) in [5.74, 6) is 0.470. The van der Waals surface area contributed by atoms with Crippen LogP contribution in [0.25, 0.3) is 0 Å². The topological polar surface area (TPSA) is 84.1 Å². The number of carbonyl (C=O) groups is 1. The fourth-order valence-electron chi connectivity index (χ4n) is 1.50. The maximum Gasteiger partial charge on any atom is 0.239 e. The van der Waals surface area contributed by atoms with Gasteiger partial charge in [0.1, 0.15) is 10.7 Å². The average molecular weight is 267 g/mol. The van der Waals surface area contributed by atoms with Crippen molar-refractivity contribution in [3.63, 3.8) is 0 Å². The van der Waals surface area contributed by atoms with E-state index in [1.807, 2.05) is 13.8 Å². The van der Waals surface area contributed by atoms with Crippen LogP contribution in [0.4, 0.5) is 5.82 Å². The first-order valence-corrected chi connectivity index (χ1v) is 6.13. The Bertz CT molecular complexity index is 437. The van der Waals surface area contributed by atoms with Gasteiger partial charge in [-0.05, 0) is 13.8 Å². The Morgan fingerprint density at radius 3 is 2.67 bits per heavy atom. The van der Waals surface area contributed by atoms with E-state index in [4.69, 9.17) is 18.0 Å². The number of thiocarbonyl (C=S) groups is 1. The van der Waals surface area contributed by atoms with Gasteiger partial charge < -0.3 is 16.0 Å². The Morgan fingerprint density at radius 2 is 2.11 bits per heavy atom. The molecule has 0 bridgehead atoms. The van der Waals surface area contributed by atoms with Gasteiger partial charge in [0.2, 0.25) is 5.91 Å². The van der Waals surface area contributed by atoms with Crippen LogP contribution in [0.2, 0.25) is 0 Å². The number of nitrogens with two attached hydrogens (primary N) is 1. The Kier molecular flexibility index (Phi) is 5.44. The lowest BCUT2D eigenvalue weighted by molar-refractivity contribution is -0.119. The van der Waals surface area contributed by atoms with Crippen LogP contribution < -0.4 is 16.0 Å². The van der Waals surface area contributed by atoms with Crippen molar-refractivity contribution in [2.45, 2.75) is 13.8 Å². The summed E-state index contributed by atoms with van der Waals surface area (Å²) in [5.41, 5.74) is 6.04. The SMILES string of the molecule is CCNC(=O)CN(CC)c1nccnc1C(N)=S. The maximum absolute atomic E-state index is 11.6. The molecule has 0 unspecified atom stereocenters. The lowest BCUT2D eigenvalue weighted by Crippen LogP contribution is -2.38. The van der Waals surface area contributed by atoms with Gasteiger partial charge in [0.25, 0.3) is 0 Å². The third kappa shape index (κ3) is 3.63. The van der Waals surface area contributed by atoms with Crippen molar-refractivity contribution in [3.8, 4) is 0 Å². The molecule has 0 radical (unpaired) electrons. The molecule has 0 saturated heterocycles. The second-order valence-corrected chi connectivity index (χ2v) is 4.00. The van der Waals surface area contributed by atoms with E-state index in [-0.39, 0.29) is 17.4 Å². The molecule has 1 aromatic rings. The van der Waals surface area contributed by atoms with E-state index in [2.05, 4.69) is 15.3 Å². The van der Waals surface area contributed by atoms with E-state index in [1.54, 1.807) is 11.1 Å². The van der Waals surface area contributed by atoms with Crippen LogP contribution >= 0.6 is 12.2 Å². The summed E-state index contributed by atoms with van der Waals surface area (Å²) in [6.45, 7) is 5.22. The average Bonchev–Trinajstić information content (AvgIpc) is 2.36. The molecule has 1 heterocycles. The Hall–Kier alpha value is -1.76. The van der Waals surface area contributed by atoms with E-state index >= 15 is 0 Å². The molecule has 7 heteroatoms. The van der Waals surface area contributed by atoms with Gasteiger partial charge in [0, 0.05) is 25.5 Å². The van der Waals surface area contributed by atoms with Crippen molar-refractivity contribution >= 4 is 28.9 Å².